The zero-order chi connectivity index (χ0) is 17.9. The van der Waals surface area contributed by atoms with Gasteiger partial charge < -0.3 is 14.7 Å². The highest BCUT2D eigenvalue weighted by molar-refractivity contribution is 5.85. The first-order valence-electron chi connectivity index (χ1n) is 8.68. The minimum Gasteiger partial charge on any atom is -0.339 e. The zero-order valence-corrected chi connectivity index (χ0v) is 16.3. The maximum atomic E-state index is 12.7. The molecule has 26 heavy (non-hydrogen) atoms. The van der Waals surface area contributed by atoms with E-state index in [1.165, 1.54) is 0 Å². The highest BCUT2D eigenvalue weighted by Gasteiger charge is 2.28. The molecule has 0 radical (unpaired) electrons. The summed E-state index contributed by atoms with van der Waals surface area (Å²) in [5.74, 6) is 1.29. The lowest BCUT2D eigenvalue weighted by molar-refractivity contribution is -0.134. The molecule has 3 heterocycles. The summed E-state index contributed by atoms with van der Waals surface area (Å²) in [7, 11) is 0. The molecule has 142 valence electrons. The third-order valence-corrected chi connectivity index (χ3v) is 4.32. The number of nitrogens with zero attached hydrogens (tertiary/aromatic N) is 4. The average Bonchev–Trinajstić information content (AvgIpc) is 3.10. The van der Waals surface area contributed by atoms with Crippen LogP contribution in [0.15, 0.2) is 29.0 Å². The summed E-state index contributed by atoms with van der Waals surface area (Å²) in [6.45, 7) is 8.34. The number of halogens is 1. The summed E-state index contributed by atoms with van der Waals surface area (Å²) < 4.78 is 5.29. The molecule has 3 rings (SSSR count). The lowest BCUT2D eigenvalue weighted by Crippen LogP contribution is -2.48. The Labute approximate surface area is 160 Å². The first-order chi connectivity index (χ1) is 11.9. The van der Waals surface area contributed by atoms with E-state index in [1.54, 1.807) is 6.20 Å². The molecule has 2 aromatic rings. The second-order valence-electron chi connectivity index (χ2n) is 7.36. The van der Waals surface area contributed by atoms with E-state index in [0.717, 1.165) is 18.7 Å². The molecule has 1 atom stereocenters. The second kappa shape index (κ2) is 8.60. The standard InChI is InChI=1S/C18H25N5O2.ClH/c1-18(2,3)17-21-15(25-22-17)6-7-16(24)23-10-9-20-12-14(23)13-5-4-8-19-11-13;/h4-5,8,11,14,20H,6-7,9-10,12H2,1-3H3;1H. The SMILES string of the molecule is CC(C)(C)c1noc(CCC(=O)N2CCNCC2c2cccnc2)n1.Cl. The number of hydrogen-bond acceptors (Lipinski definition) is 6. The van der Waals surface area contributed by atoms with Crippen molar-refractivity contribution in [3.05, 3.63) is 41.8 Å². The van der Waals surface area contributed by atoms with Crippen LogP contribution in [0.1, 0.15) is 50.5 Å². The Morgan fingerprint density at radius 1 is 1.42 bits per heavy atom. The van der Waals surface area contributed by atoms with Gasteiger partial charge >= 0.3 is 0 Å². The molecule has 1 fully saturated rings. The summed E-state index contributed by atoms with van der Waals surface area (Å²) in [5.41, 5.74) is 0.895. The van der Waals surface area contributed by atoms with Crippen molar-refractivity contribution in [1.29, 1.82) is 0 Å². The molecule has 0 spiro atoms. The zero-order valence-electron chi connectivity index (χ0n) is 15.4. The predicted octanol–water partition coefficient (Wildman–Crippen LogP) is 2.29. The van der Waals surface area contributed by atoms with E-state index in [9.17, 15) is 4.79 Å². The number of carbonyl (C=O) groups excluding carboxylic acids is 1. The minimum atomic E-state index is -0.157. The maximum Gasteiger partial charge on any atom is 0.227 e. The van der Waals surface area contributed by atoms with Gasteiger partial charge in [0.25, 0.3) is 0 Å². The van der Waals surface area contributed by atoms with Crippen LogP contribution < -0.4 is 5.32 Å². The Bertz CT molecular complexity index is 714. The second-order valence-corrected chi connectivity index (χ2v) is 7.36. The minimum absolute atomic E-state index is 0. The van der Waals surface area contributed by atoms with Gasteiger partial charge in [0.1, 0.15) is 0 Å². The number of pyridine rings is 1. The molecule has 1 aliphatic heterocycles. The van der Waals surface area contributed by atoms with E-state index in [0.29, 0.717) is 31.1 Å². The van der Waals surface area contributed by atoms with Gasteiger partial charge in [0, 0.05) is 50.3 Å². The molecule has 1 N–H and O–H groups in total. The van der Waals surface area contributed by atoms with Gasteiger partial charge in [-0.25, -0.2) is 0 Å². The van der Waals surface area contributed by atoms with Crippen LogP contribution in [0.3, 0.4) is 0 Å². The lowest BCUT2D eigenvalue weighted by atomic mass is 9.96. The number of rotatable bonds is 4. The van der Waals surface area contributed by atoms with E-state index < -0.39 is 0 Å². The van der Waals surface area contributed by atoms with E-state index in [2.05, 4.69) is 20.4 Å². The highest BCUT2D eigenvalue weighted by Crippen LogP contribution is 2.23. The Kier molecular flexibility index (Phi) is 6.72. The van der Waals surface area contributed by atoms with Gasteiger partial charge in [-0.05, 0) is 11.6 Å². The lowest BCUT2D eigenvalue weighted by Gasteiger charge is -2.36. The Morgan fingerprint density at radius 2 is 2.23 bits per heavy atom. The highest BCUT2D eigenvalue weighted by atomic mass is 35.5. The Hall–Kier alpha value is -1.99. The van der Waals surface area contributed by atoms with Crippen LogP contribution in [-0.2, 0) is 16.6 Å². The first kappa shape index (κ1) is 20.3. The van der Waals surface area contributed by atoms with Crippen molar-refractivity contribution in [2.75, 3.05) is 19.6 Å². The molecule has 1 unspecified atom stereocenters. The maximum absolute atomic E-state index is 12.7. The van der Waals surface area contributed by atoms with Gasteiger partial charge in [-0.2, -0.15) is 4.98 Å². The van der Waals surface area contributed by atoms with Crippen molar-refractivity contribution in [3.63, 3.8) is 0 Å². The average molecular weight is 380 g/mol. The summed E-state index contributed by atoms with van der Waals surface area (Å²) in [6, 6.07) is 3.93. The van der Waals surface area contributed by atoms with Crippen LogP contribution in [0, 0.1) is 0 Å². The quantitative estimate of drug-likeness (QED) is 0.877. The van der Waals surface area contributed by atoms with Gasteiger partial charge in [-0.1, -0.05) is 32.0 Å². The van der Waals surface area contributed by atoms with E-state index in [-0.39, 0.29) is 29.8 Å². The van der Waals surface area contributed by atoms with Gasteiger partial charge in [0.2, 0.25) is 11.8 Å². The number of amides is 1. The topological polar surface area (TPSA) is 84.2 Å². The molecule has 1 aliphatic rings. The molecule has 0 bridgehead atoms. The fourth-order valence-corrected chi connectivity index (χ4v) is 2.89. The van der Waals surface area contributed by atoms with Crippen LogP contribution in [-0.4, -0.2) is 45.6 Å². The van der Waals surface area contributed by atoms with E-state index >= 15 is 0 Å². The molecular weight excluding hydrogens is 354 g/mol. The number of nitrogens with one attached hydrogen (secondary N) is 1. The molecular formula is C18H26ClN5O2. The normalized spacial score (nSPS) is 17.7. The third kappa shape index (κ3) is 4.80. The van der Waals surface area contributed by atoms with Crippen LogP contribution in [0.5, 0.6) is 0 Å². The van der Waals surface area contributed by atoms with Crippen molar-refractivity contribution >= 4 is 18.3 Å². The number of carbonyl (C=O) groups is 1. The van der Waals surface area contributed by atoms with E-state index in [4.69, 9.17) is 4.52 Å². The molecule has 1 saturated heterocycles. The molecule has 2 aromatic heterocycles. The van der Waals surface area contributed by atoms with Crippen molar-refractivity contribution in [2.24, 2.45) is 0 Å². The summed E-state index contributed by atoms with van der Waals surface area (Å²) in [6.07, 6.45) is 4.40. The predicted molar refractivity (Wildman–Crippen MR) is 100 cm³/mol. The number of aromatic nitrogens is 3. The molecule has 0 aliphatic carbocycles. The Morgan fingerprint density at radius 3 is 2.88 bits per heavy atom. The molecule has 0 aromatic carbocycles. The van der Waals surface area contributed by atoms with Crippen molar-refractivity contribution in [1.82, 2.24) is 25.3 Å². The molecule has 7 nitrogen and oxygen atoms in total. The summed E-state index contributed by atoms with van der Waals surface area (Å²) in [5, 5.41) is 7.36. The fraction of sp³-hybridized carbons (Fsp3) is 0.556. The number of aryl methyl sites for hydroxylation is 1. The molecule has 8 heteroatoms. The smallest absolute Gasteiger partial charge is 0.227 e. The number of piperazine rings is 1. The van der Waals surface area contributed by atoms with Gasteiger partial charge in [0.15, 0.2) is 5.82 Å². The third-order valence-electron chi connectivity index (χ3n) is 4.32. The van der Waals surface area contributed by atoms with Gasteiger partial charge in [0.05, 0.1) is 6.04 Å². The van der Waals surface area contributed by atoms with Crippen molar-refractivity contribution in [3.8, 4) is 0 Å². The van der Waals surface area contributed by atoms with Crippen molar-refractivity contribution < 1.29 is 9.32 Å². The summed E-state index contributed by atoms with van der Waals surface area (Å²) in [4.78, 5) is 23.3. The number of hydrogen-bond donors (Lipinski definition) is 1. The fourth-order valence-electron chi connectivity index (χ4n) is 2.89. The molecule has 1 amide bonds. The van der Waals surface area contributed by atoms with Crippen LogP contribution in [0.4, 0.5) is 0 Å². The van der Waals surface area contributed by atoms with Crippen molar-refractivity contribution in [2.45, 2.75) is 45.1 Å². The van der Waals surface area contributed by atoms with Crippen LogP contribution >= 0.6 is 12.4 Å². The first-order valence-corrected chi connectivity index (χ1v) is 8.68. The van der Waals surface area contributed by atoms with E-state index in [1.807, 2.05) is 44.0 Å². The van der Waals surface area contributed by atoms with Crippen LogP contribution in [0.2, 0.25) is 0 Å². The summed E-state index contributed by atoms with van der Waals surface area (Å²) >= 11 is 0. The monoisotopic (exact) mass is 379 g/mol. The largest absolute Gasteiger partial charge is 0.339 e. The van der Waals surface area contributed by atoms with Crippen LogP contribution in [0.25, 0.3) is 0 Å². The molecule has 0 saturated carbocycles. The van der Waals surface area contributed by atoms with Gasteiger partial charge in [-0.15, -0.1) is 12.4 Å². The Balaban J connectivity index is 0.00000243. The van der Waals surface area contributed by atoms with Gasteiger partial charge in [-0.3, -0.25) is 9.78 Å².